The van der Waals surface area contributed by atoms with Crippen LogP contribution < -0.4 is 5.73 Å². The Morgan fingerprint density at radius 2 is 2.10 bits per heavy atom. The lowest BCUT2D eigenvalue weighted by Crippen LogP contribution is -2.31. The van der Waals surface area contributed by atoms with E-state index in [2.05, 4.69) is 4.90 Å². The number of benzene rings is 1. The number of nitrogens with two attached hydrogens (primary N) is 1. The minimum atomic E-state index is 0.766. The lowest BCUT2D eigenvalue weighted by molar-refractivity contribution is 0.254. The third-order valence-electron chi connectivity index (χ3n) is 3.58. The van der Waals surface area contributed by atoms with Gasteiger partial charge in [0.15, 0.2) is 0 Å². The molecule has 0 atom stereocenters. The number of thiazole rings is 1. The molecule has 5 heteroatoms. The summed E-state index contributed by atoms with van der Waals surface area (Å²) in [4.78, 5) is 8.66. The number of fused-ring (bicyclic) bond motifs is 1. The molecule has 0 radical (unpaired) electrons. The van der Waals surface area contributed by atoms with E-state index in [1.807, 2.05) is 24.3 Å². The maximum Gasteiger partial charge on any atom is 0.123 e. The van der Waals surface area contributed by atoms with Gasteiger partial charge in [-0.1, -0.05) is 23.7 Å². The van der Waals surface area contributed by atoms with Crippen LogP contribution in [0.3, 0.4) is 0 Å². The Morgan fingerprint density at radius 3 is 2.85 bits per heavy atom. The average Bonchev–Trinajstić information content (AvgIpc) is 2.89. The van der Waals surface area contributed by atoms with Gasteiger partial charge in [-0.25, -0.2) is 4.98 Å². The summed E-state index contributed by atoms with van der Waals surface area (Å²) in [5.41, 5.74) is 8.01. The fourth-order valence-electron chi connectivity index (χ4n) is 2.47. The second-order valence-corrected chi connectivity index (χ2v) is 6.58. The van der Waals surface area contributed by atoms with Gasteiger partial charge in [-0.05, 0) is 31.6 Å². The minimum absolute atomic E-state index is 0.766. The Morgan fingerprint density at radius 1 is 1.30 bits per heavy atom. The van der Waals surface area contributed by atoms with Gasteiger partial charge in [-0.2, -0.15) is 0 Å². The van der Waals surface area contributed by atoms with E-state index in [-0.39, 0.29) is 0 Å². The van der Waals surface area contributed by atoms with Gasteiger partial charge in [-0.3, -0.25) is 4.90 Å². The van der Waals surface area contributed by atoms with Gasteiger partial charge in [-0.15, -0.1) is 11.3 Å². The molecule has 0 fully saturated rings. The Kier molecular flexibility index (Phi) is 4.36. The Balaban J connectivity index is 1.78. The first-order valence-electron chi connectivity index (χ1n) is 6.93. The topological polar surface area (TPSA) is 42.1 Å². The Bertz CT molecular complexity index is 579. The molecule has 1 aromatic heterocycles. The summed E-state index contributed by atoms with van der Waals surface area (Å²) in [5, 5.41) is 1.87. The summed E-state index contributed by atoms with van der Waals surface area (Å²) >= 11 is 7.74. The molecule has 0 amide bonds. The van der Waals surface area contributed by atoms with E-state index >= 15 is 0 Å². The second kappa shape index (κ2) is 6.22. The van der Waals surface area contributed by atoms with Crippen molar-refractivity contribution >= 4 is 22.9 Å². The monoisotopic (exact) mass is 307 g/mol. The van der Waals surface area contributed by atoms with Crippen LogP contribution >= 0.6 is 22.9 Å². The summed E-state index contributed by atoms with van der Waals surface area (Å²) < 4.78 is 0. The van der Waals surface area contributed by atoms with Gasteiger partial charge < -0.3 is 5.73 Å². The normalized spacial score (nSPS) is 15.3. The van der Waals surface area contributed by atoms with E-state index in [1.165, 1.54) is 10.6 Å². The molecule has 0 saturated carbocycles. The van der Waals surface area contributed by atoms with Crippen molar-refractivity contribution in [1.29, 1.82) is 0 Å². The van der Waals surface area contributed by atoms with Gasteiger partial charge in [0.2, 0.25) is 0 Å². The van der Waals surface area contributed by atoms with Crippen LogP contribution in [0.1, 0.15) is 17.0 Å². The highest BCUT2D eigenvalue weighted by atomic mass is 35.5. The molecular weight excluding hydrogens is 290 g/mol. The fourth-order valence-corrected chi connectivity index (χ4v) is 3.75. The molecule has 1 aromatic carbocycles. The number of rotatable bonds is 4. The number of hydrogen-bond donors (Lipinski definition) is 1. The Labute approximate surface area is 128 Å². The molecule has 2 aromatic rings. The summed E-state index contributed by atoms with van der Waals surface area (Å²) in [6.45, 7) is 3.96. The highest BCUT2D eigenvalue weighted by Gasteiger charge is 2.20. The second-order valence-electron chi connectivity index (χ2n) is 5.06. The minimum Gasteiger partial charge on any atom is -0.330 e. The molecule has 0 unspecified atom stereocenters. The number of halogens is 1. The van der Waals surface area contributed by atoms with E-state index in [9.17, 15) is 0 Å². The molecule has 0 bridgehead atoms. The lowest BCUT2D eigenvalue weighted by atomic mass is 10.1. The highest BCUT2D eigenvalue weighted by molar-refractivity contribution is 7.15. The smallest absolute Gasteiger partial charge is 0.123 e. The first-order chi connectivity index (χ1) is 9.76. The van der Waals surface area contributed by atoms with Crippen LogP contribution in [-0.2, 0) is 13.0 Å². The maximum atomic E-state index is 5.93. The summed E-state index contributed by atoms with van der Waals surface area (Å²) in [7, 11) is 0. The SMILES string of the molecule is NCCCN1CCc2nc(-c3ccc(Cl)cc3)sc2C1. The lowest BCUT2D eigenvalue weighted by Gasteiger charge is -2.25. The van der Waals surface area contributed by atoms with E-state index in [0.717, 1.165) is 54.6 Å². The van der Waals surface area contributed by atoms with Gasteiger partial charge in [0.1, 0.15) is 5.01 Å². The van der Waals surface area contributed by atoms with Crippen molar-refractivity contribution in [2.24, 2.45) is 5.73 Å². The van der Waals surface area contributed by atoms with Crippen molar-refractivity contribution < 1.29 is 0 Å². The molecule has 0 saturated heterocycles. The van der Waals surface area contributed by atoms with Gasteiger partial charge in [0.25, 0.3) is 0 Å². The van der Waals surface area contributed by atoms with Crippen molar-refractivity contribution in [3.05, 3.63) is 39.9 Å². The molecule has 106 valence electrons. The predicted molar refractivity (Wildman–Crippen MR) is 85.2 cm³/mol. The molecule has 0 spiro atoms. The molecule has 1 aliphatic heterocycles. The van der Waals surface area contributed by atoms with Crippen LogP contribution in [-0.4, -0.2) is 29.5 Å². The van der Waals surface area contributed by atoms with Crippen LogP contribution in [0.5, 0.6) is 0 Å². The molecular formula is C15H18ClN3S. The van der Waals surface area contributed by atoms with Gasteiger partial charge >= 0.3 is 0 Å². The average molecular weight is 308 g/mol. The van der Waals surface area contributed by atoms with E-state index < -0.39 is 0 Å². The first-order valence-corrected chi connectivity index (χ1v) is 8.12. The zero-order chi connectivity index (χ0) is 13.9. The summed E-state index contributed by atoms with van der Waals surface area (Å²) in [6.07, 6.45) is 2.11. The van der Waals surface area contributed by atoms with Crippen LogP contribution in [0.2, 0.25) is 5.02 Å². The van der Waals surface area contributed by atoms with Crippen molar-refractivity contribution in [1.82, 2.24) is 9.88 Å². The largest absolute Gasteiger partial charge is 0.330 e. The van der Waals surface area contributed by atoms with Crippen LogP contribution in [0, 0.1) is 0 Å². The standard InChI is InChI=1S/C15H18ClN3S/c16-12-4-2-11(3-5-12)15-18-13-6-9-19(8-1-7-17)10-14(13)20-15/h2-5H,1,6-10,17H2. The van der Waals surface area contributed by atoms with E-state index in [1.54, 1.807) is 11.3 Å². The van der Waals surface area contributed by atoms with E-state index in [4.69, 9.17) is 22.3 Å². The molecule has 3 nitrogen and oxygen atoms in total. The fraction of sp³-hybridized carbons (Fsp3) is 0.400. The van der Waals surface area contributed by atoms with Gasteiger partial charge in [0.05, 0.1) is 5.69 Å². The van der Waals surface area contributed by atoms with Crippen molar-refractivity contribution in [3.63, 3.8) is 0 Å². The molecule has 0 aliphatic carbocycles. The van der Waals surface area contributed by atoms with Crippen molar-refractivity contribution in [2.75, 3.05) is 19.6 Å². The third-order valence-corrected chi connectivity index (χ3v) is 4.96. The van der Waals surface area contributed by atoms with Crippen molar-refractivity contribution in [3.8, 4) is 10.6 Å². The van der Waals surface area contributed by atoms with Gasteiger partial charge in [0, 0.05) is 35.0 Å². The molecule has 1 aliphatic rings. The maximum absolute atomic E-state index is 5.93. The van der Waals surface area contributed by atoms with E-state index in [0.29, 0.717) is 0 Å². The first kappa shape index (κ1) is 14.0. The number of aromatic nitrogens is 1. The third kappa shape index (κ3) is 3.04. The molecule has 2 N–H and O–H groups in total. The zero-order valence-corrected chi connectivity index (χ0v) is 12.9. The molecule has 2 heterocycles. The summed E-state index contributed by atoms with van der Waals surface area (Å²) in [6, 6.07) is 7.92. The van der Waals surface area contributed by atoms with Crippen molar-refractivity contribution in [2.45, 2.75) is 19.4 Å². The highest BCUT2D eigenvalue weighted by Crippen LogP contribution is 2.32. The van der Waals surface area contributed by atoms with Crippen LogP contribution in [0.4, 0.5) is 0 Å². The van der Waals surface area contributed by atoms with Crippen LogP contribution in [0.25, 0.3) is 10.6 Å². The van der Waals surface area contributed by atoms with Crippen LogP contribution in [0.15, 0.2) is 24.3 Å². The zero-order valence-electron chi connectivity index (χ0n) is 11.3. The molecule has 3 rings (SSSR count). The quantitative estimate of drug-likeness (QED) is 0.943. The number of hydrogen-bond acceptors (Lipinski definition) is 4. The summed E-state index contributed by atoms with van der Waals surface area (Å²) in [5.74, 6) is 0. The number of nitrogens with zero attached hydrogens (tertiary/aromatic N) is 2. The molecule has 20 heavy (non-hydrogen) atoms. The predicted octanol–water partition coefficient (Wildman–Crippen LogP) is 3.17. The Hall–Kier alpha value is -0.940.